The topological polar surface area (TPSA) is 26.3 Å². The van der Waals surface area contributed by atoms with Crippen LogP contribution in [-0.2, 0) is 9.53 Å². The van der Waals surface area contributed by atoms with Crippen LogP contribution in [0.3, 0.4) is 0 Å². The Morgan fingerprint density at radius 3 is 2.12 bits per heavy atom. The van der Waals surface area contributed by atoms with Crippen LogP contribution in [0.4, 0.5) is 0 Å². The first-order valence-corrected chi connectivity index (χ1v) is 6.69. The zero-order valence-corrected chi connectivity index (χ0v) is 11.2. The summed E-state index contributed by atoms with van der Waals surface area (Å²) < 4.78 is 5.49. The minimum absolute atomic E-state index is 0.0978. The molecule has 16 heavy (non-hydrogen) atoms. The molecule has 2 atom stereocenters. The molecule has 1 rings (SSSR count). The molecule has 0 aromatic rings. The van der Waals surface area contributed by atoms with Crippen LogP contribution < -0.4 is 0 Å². The third-order valence-corrected chi connectivity index (χ3v) is 3.87. The monoisotopic (exact) mass is 226 g/mol. The van der Waals surface area contributed by atoms with E-state index < -0.39 is 0 Å². The van der Waals surface area contributed by atoms with Crippen molar-refractivity contribution in [1.29, 1.82) is 0 Å². The second-order valence-electron chi connectivity index (χ2n) is 5.58. The van der Waals surface area contributed by atoms with Gasteiger partial charge in [-0.05, 0) is 17.8 Å². The fraction of sp³-hybridized carbons (Fsp3) is 0.929. The lowest BCUT2D eigenvalue weighted by Crippen LogP contribution is -2.34. The predicted octanol–water partition coefficient (Wildman–Crippen LogP) is 3.79. The summed E-state index contributed by atoms with van der Waals surface area (Å²) in [4.78, 5) is 11.1. The van der Waals surface area contributed by atoms with E-state index in [0.717, 1.165) is 5.92 Å². The van der Waals surface area contributed by atoms with Crippen LogP contribution >= 0.6 is 0 Å². The van der Waals surface area contributed by atoms with Crippen LogP contribution in [0.25, 0.3) is 0 Å². The van der Waals surface area contributed by atoms with E-state index in [2.05, 4.69) is 20.8 Å². The highest BCUT2D eigenvalue weighted by Crippen LogP contribution is 2.34. The van der Waals surface area contributed by atoms with Gasteiger partial charge in [0.25, 0.3) is 0 Å². The summed E-state index contributed by atoms with van der Waals surface area (Å²) in [5.41, 5.74) is 0. The summed E-state index contributed by atoms with van der Waals surface area (Å²) >= 11 is 0. The van der Waals surface area contributed by atoms with Gasteiger partial charge >= 0.3 is 5.97 Å². The molecule has 0 saturated heterocycles. The van der Waals surface area contributed by atoms with Gasteiger partial charge in [-0.1, -0.05) is 52.9 Å². The number of esters is 1. The second-order valence-corrected chi connectivity index (χ2v) is 5.58. The van der Waals surface area contributed by atoms with Crippen molar-refractivity contribution in [3.8, 4) is 0 Å². The average Bonchev–Trinajstić information content (AvgIpc) is 2.25. The summed E-state index contributed by atoms with van der Waals surface area (Å²) in [7, 11) is 0. The summed E-state index contributed by atoms with van der Waals surface area (Å²) in [6.45, 7) is 8.06. The number of hydrogen-bond donors (Lipinski definition) is 0. The van der Waals surface area contributed by atoms with Crippen molar-refractivity contribution in [2.75, 3.05) is 0 Å². The normalized spacial score (nSPS) is 21.8. The lowest BCUT2D eigenvalue weighted by Gasteiger charge is -2.34. The van der Waals surface area contributed by atoms with E-state index >= 15 is 0 Å². The van der Waals surface area contributed by atoms with Crippen molar-refractivity contribution in [3.05, 3.63) is 0 Å². The van der Waals surface area contributed by atoms with Gasteiger partial charge in [0.2, 0.25) is 0 Å². The molecule has 0 aromatic heterocycles. The Labute approximate surface area is 99.8 Å². The highest BCUT2D eigenvalue weighted by Gasteiger charge is 2.30. The van der Waals surface area contributed by atoms with E-state index in [-0.39, 0.29) is 12.1 Å². The van der Waals surface area contributed by atoms with Crippen LogP contribution in [0.2, 0.25) is 0 Å². The van der Waals surface area contributed by atoms with E-state index in [1.807, 2.05) is 0 Å². The van der Waals surface area contributed by atoms with E-state index in [0.29, 0.717) is 11.8 Å². The largest absolute Gasteiger partial charge is 0.462 e. The minimum atomic E-state index is -0.138. The SMILES string of the molecule is CC(=O)OC(C(C)C)C(C)C1CCCCC1. The van der Waals surface area contributed by atoms with Crippen LogP contribution in [0.5, 0.6) is 0 Å². The van der Waals surface area contributed by atoms with Gasteiger partial charge in [0.1, 0.15) is 6.10 Å². The van der Waals surface area contributed by atoms with Crippen LogP contribution in [0, 0.1) is 17.8 Å². The smallest absolute Gasteiger partial charge is 0.302 e. The fourth-order valence-corrected chi connectivity index (χ4v) is 2.97. The van der Waals surface area contributed by atoms with Gasteiger partial charge in [-0.15, -0.1) is 0 Å². The Balaban J connectivity index is 2.57. The molecule has 0 aromatic carbocycles. The van der Waals surface area contributed by atoms with Gasteiger partial charge in [0.15, 0.2) is 0 Å². The van der Waals surface area contributed by atoms with E-state index in [4.69, 9.17) is 4.74 Å². The Kier molecular flexibility index (Phi) is 5.30. The number of hydrogen-bond acceptors (Lipinski definition) is 2. The molecule has 0 aliphatic heterocycles. The third kappa shape index (κ3) is 3.80. The first kappa shape index (κ1) is 13.5. The summed E-state index contributed by atoms with van der Waals surface area (Å²) in [5.74, 6) is 1.53. The van der Waals surface area contributed by atoms with Crippen molar-refractivity contribution >= 4 is 5.97 Å². The van der Waals surface area contributed by atoms with E-state index in [1.54, 1.807) is 0 Å². The molecule has 0 heterocycles. The summed E-state index contributed by atoms with van der Waals surface area (Å²) in [5, 5.41) is 0. The third-order valence-electron chi connectivity index (χ3n) is 3.87. The molecule has 0 amide bonds. The van der Waals surface area contributed by atoms with Gasteiger partial charge in [-0.25, -0.2) is 0 Å². The van der Waals surface area contributed by atoms with Crippen molar-refractivity contribution in [1.82, 2.24) is 0 Å². The highest BCUT2D eigenvalue weighted by atomic mass is 16.5. The number of ether oxygens (including phenoxy) is 1. The Morgan fingerprint density at radius 1 is 1.12 bits per heavy atom. The molecule has 0 N–H and O–H groups in total. The fourth-order valence-electron chi connectivity index (χ4n) is 2.97. The number of rotatable bonds is 4. The quantitative estimate of drug-likeness (QED) is 0.682. The number of carbonyl (C=O) groups excluding carboxylic acids is 1. The van der Waals surface area contributed by atoms with Crippen LogP contribution in [0.1, 0.15) is 59.8 Å². The Hall–Kier alpha value is -0.530. The first-order chi connectivity index (χ1) is 7.52. The average molecular weight is 226 g/mol. The molecule has 1 fully saturated rings. The molecular formula is C14H26O2. The molecule has 0 bridgehead atoms. The maximum Gasteiger partial charge on any atom is 0.302 e. The van der Waals surface area contributed by atoms with Crippen LogP contribution in [-0.4, -0.2) is 12.1 Å². The zero-order chi connectivity index (χ0) is 12.1. The first-order valence-electron chi connectivity index (χ1n) is 6.69. The van der Waals surface area contributed by atoms with Gasteiger partial charge in [-0.3, -0.25) is 4.79 Å². The maximum atomic E-state index is 11.1. The molecule has 94 valence electrons. The zero-order valence-electron chi connectivity index (χ0n) is 11.2. The highest BCUT2D eigenvalue weighted by molar-refractivity contribution is 5.66. The van der Waals surface area contributed by atoms with E-state index in [9.17, 15) is 4.79 Å². The van der Waals surface area contributed by atoms with Crippen molar-refractivity contribution < 1.29 is 9.53 Å². The standard InChI is InChI=1S/C14H26O2/c1-10(2)14(16-12(4)15)11(3)13-8-6-5-7-9-13/h10-11,13-14H,5-9H2,1-4H3. The second kappa shape index (κ2) is 6.27. The lowest BCUT2D eigenvalue weighted by molar-refractivity contribution is -0.153. The molecule has 1 saturated carbocycles. The van der Waals surface area contributed by atoms with Crippen molar-refractivity contribution in [2.45, 2.75) is 65.9 Å². The molecule has 2 nitrogen and oxygen atoms in total. The molecule has 0 radical (unpaired) electrons. The van der Waals surface area contributed by atoms with Crippen molar-refractivity contribution in [2.24, 2.45) is 17.8 Å². The Bertz CT molecular complexity index is 217. The minimum Gasteiger partial charge on any atom is -0.462 e. The Morgan fingerprint density at radius 2 is 1.69 bits per heavy atom. The molecule has 0 spiro atoms. The lowest BCUT2D eigenvalue weighted by atomic mass is 9.76. The maximum absolute atomic E-state index is 11.1. The molecule has 2 heteroatoms. The van der Waals surface area contributed by atoms with E-state index in [1.165, 1.54) is 39.0 Å². The van der Waals surface area contributed by atoms with Crippen LogP contribution in [0.15, 0.2) is 0 Å². The molecular weight excluding hydrogens is 200 g/mol. The summed E-state index contributed by atoms with van der Waals surface area (Å²) in [6.07, 6.45) is 6.79. The number of carbonyl (C=O) groups is 1. The van der Waals surface area contributed by atoms with Gasteiger partial charge < -0.3 is 4.74 Å². The molecule has 1 aliphatic rings. The summed E-state index contributed by atoms with van der Waals surface area (Å²) in [6, 6.07) is 0. The molecule has 1 aliphatic carbocycles. The van der Waals surface area contributed by atoms with Gasteiger partial charge in [0, 0.05) is 6.92 Å². The van der Waals surface area contributed by atoms with Gasteiger partial charge in [0.05, 0.1) is 0 Å². The molecule has 2 unspecified atom stereocenters. The predicted molar refractivity (Wildman–Crippen MR) is 66.1 cm³/mol. The van der Waals surface area contributed by atoms with Crippen molar-refractivity contribution in [3.63, 3.8) is 0 Å². The van der Waals surface area contributed by atoms with Gasteiger partial charge in [-0.2, -0.15) is 0 Å².